The third-order valence-corrected chi connectivity index (χ3v) is 3.81. The third-order valence-electron chi connectivity index (χ3n) is 3.81. The quantitative estimate of drug-likeness (QED) is 0.867. The molecule has 0 aliphatic carbocycles. The molecule has 1 aliphatic heterocycles. The topological polar surface area (TPSA) is 44.4 Å². The molecule has 0 spiro atoms. The Bertz CT molecular complexity index is 432. The van der Waals surface area contributed by atoms with Crippen molar-refractivity contribution in [2.24, 2.45) is 0 Å². The Morgan fingerprint density at radius 2 is 1.84 bits per heavy atom. The molecule has 1 saturated heterocycles. The average molecular weight is 261 g/mol. The third kappa shape index (κ3) is 3.33. The number of benzene rings is 1. The smallest absolute Gasteiger partial charge is 0.241 e. The number of aryl methyl sites for hydroxylation is 2. The van der Waals surface area contributed by atoms with Gasteiger partial charge in [0.25, 0.3) is 0 Å². The molecule has 2 rings (SSSR count). The zero-order valence-electron chi connectivity index (χ0n) is 12.0. The maximum absolute atomic E-state index is 12.3. The molecule has 1 aliphatic rings. The van der Waals surface area contributed by atoms with Crippen molar-refractivity contribution < 1.29 is 4.79 Å². The zero-order valence-corrected chi connectivity index (χ0v) is 12.0. The molecule has 104 valence electrons. The van der Waals surface area contributed by atoms with Gasteiger partial charge in [-0.15, -0.1) is 0 Å². The molecule has 1 fully saturated rings. The molecule has 0 aromatic heterocycles. The van der Waals surface area contributed by atoms with Crippen LogP contribution in [0.5, 0.6) is 0 Å². The van der Waals surface area contributed by atoms with Crippen LogP contribution in [0.4, 0.5) is 5.69 Å². The monoisotopic (exact) mass is 261 g/mol. The summed E-state index contributed by atoms with van der Waals surface area (Å²) in [5.41, 5.74) is 3.18. The molecule has 4 heteroatoms. The van der Waals surface area contributed by atoms with Crippen molar-refractivity contribution in [1.82, 2.24) is 10.2 Å². The fraction of sp³-hybridized carbons (Fsp3) is 0.533. The van der Waals surface area contributed by atoms with Crippen molar-refractivity contribution in [3.63, 3.8) is 0 Å². The summed E-state index contributed by atoms with van der Waals surface area (Å²) in [6.45, 7) is 9.81. The van der Waals surface area contributed by atoms with E-state index in [1.54, 1.807) is 0 Å². The van der Waals surface area contributed by atoms with Crippen LogP contribution in [-0.2, 0) is 4.79 Å². The minimum absolute atomic E-state index is 0.0823. The van der Waals surface area contributed by atoms with Gasteiger partial charge in [0.15, 0.2) is 0 Å². The first-order chi connectivity index (χ1) is 9.09. The van der Waals surface area contributed by atoms with E-state index in [1.165, 1.54) is 0 Å². The Kier molecular flexibility index (Phi) is 4.56. The number of rotatable bonds is 3. The highest BCUT2D eigenvalue weighted by Crippen LogP contribution is 2.20. The highest BCUT2D eigenvalue weighted by atomic mass is 16.2. The minimum Gasteiger partial charge on any atom is -0.324 e. The van der Waals surface area contributed by atoms with Crippen molar-refractivity contribution in [1.29, 1.82) is 0 Å². The Balaban J connectivity index is 2.04. The van der Waals surface area contributed by atoms with Crippen molar-refractivity contribution in [2.45, 2.75) is 26.8 Å². The summed E-state index contributed by atoms with van der Waals surface area (Å²) in [6.07, 6.45) is 0. The van der Waals surface area contributed by atoms with Crippen molar-refractivity contribution in [2.75, 3.05) is 31.5 Å². The normalized spacial score (nSPS) is 18.1. The lowest BCUT2D eigenvalue weighted by atomic mass is 10.1. The van der Waals surface area contributed by atoms with E-state index in [-0.39, 0.29) is 11.9 Å². The van der Waals surface area contributed by atoms with E-state index in [4.69, 9.17) is 0 Å². The first kappa shape index (κ1) is 14.0. The number of carbonyl (C=O) groups is 1. The number of hydrogen-bond donors (Lipinski definition) is 2. The molecule has 1 atom stereocenters. The second-order valence-electron chi connectivity index (χ2n) is 5.22. The number of nitrogens with one attached hydrogen (secondary N) is 2. The second kappa shape index (κ2) is 6.17. The van der Waals surface area contributed by atoms with Gasteiger partial charge in [-0.25, -0.2) is 0 Å². The van der Waals surface area contributed by atoms with Gasteiger partial charge in [0.05, 0.1) is 6.04 Å². The molecule has 0 saturated carbocycles. The number of hydrogen-bond acceptors (Lipinski definition) is 3. The standard InChI is InChI=1S/C15H23N3O/c1-11-5-4-6-12(2)14(11)17-15(19)13(3)18-9-7-16-8-10-18/h4-6,13,16H,7-10H2,1-3H3,(H,17,19). The fourth-order valence-corrected chi connectivity index (χ4v) is 2.47. The number of piperazine rings is 1. The molecule has 1 heterocycles. The van der Waals surface area contributed by atoms with Gasteiger partial charge in [-0.1, -0.05) is 18.2 Å². The summed E-state index contributed by atoms with van der Waals surface area (Å²) in [5.74, 6) is 0.0827. The fourth-order valence-electron chi connectivity index (χ4n) is 2.47. The first-order valence-electron chi connectivity index (χ1n) is 6.91. The average Bonchev–Trinajstić information content (AvgIpc) is 2.43. The van der Waals surface area contributed by atoms with E-state index in [1.807, 2.05) is 39.0 Å². The first-order valence-corrected chi connectivity index (χ1v) is 6.91. The number of anilines is 1. The van der Waals surface area contributed by atoms with Gasteiger partial charge in [-0.2, -0.15) is 0 Å². The van der Waals surface area contributed by atoms with Gasteiger partial charge in [0, 0.05) is 31.9 Å². The van der Waals surface area contributed by atoms with Crippen LogP contribution in [0.2, 0.25) is 0 Å². The van der Waals surface area contributed by atoms with Crippen LogP contribution >= 0.6 is 0 Å². The molecule has 4 nitrogen and oxygen atoms in total. The maximum Gasteiger partial charge on any atom is 0.241 e. The zero-order chi connectivity index (χ0) is 13.8. The van der Waals surface area contributed by atoms with Gasteiger partial charge in [-0.3, -0.25) is 9.69 Å². The number of amides is 1. The molecule has 1 unspecified atom stereocenters. The van der Waals surface area contributed by atoms with Crippen molar-refractivity contribution >= 4 is 11.6 Å². The molecule has 0 bridgehead atoms. The van der Waals surface area contributed by atoms with Gasteiger partial charge in [-0.05, 0) is 31.9 Å². The molecule has 19 heavy (non-hydrogen) atoms. The van der Waals surface area contributed by atoms with Crippen LogP contribution in [0.3, 0.4) is 0 Å². The number of nitrogens with zero attached hydrogens (tertiary/aromatic N) is 1. The Labute approximate surface area is 115 Å². The van der Waals surface area contributed by atoms with E-state index in [9.17, 15) is 4.79 Å². The number of carbonyl (C=O) groups excluding carboxylic acids is 1. The van der Waals surface area contributed by atoms with E-state index in [0.29, 0.717) is 0 Å². The van der Waals surface area contributed by atoms with Gasteiger partial charge in [0.1, 0.15) is 0 Å². The molecule has 0 radical (unpaired) electrons. The van der Waals surface area contributed by atoms with Crippen LogP contribution in [0, 0.1) is 13.8 Å². The lowest BCUT2D eigenvalue weighted by molar-refractivity contribution is -0.121. The predicted octanol–water partition coefficient (Wildman–Crippen LogP) is 1.54. The molecule has 1 aromatic carbocycles. The van der Waals surface area contributed by atoms with Crippen LogP contribution in [0.15, 0.2) is 18.2 Å². The van der Waals surface area contributed by atoms with Gasteiger partial charge >= 0.3 is 0 Å². The lowest BCUT2D eigenvalue weighted by Crippen LogP contribution is -2.51. The molecule has 1 amide bonds. The van der Waals surface area contributed by atoms with Gasteiger partial charge in [0.2, 0.25) is 5.91 Å². The van der Waals surface area contributed by atoms with E-state index < -0.39 is 0 Å². The van der Waals surface area contributed by atoms with Crippen LogP contribution in [-0.4, -0.2) is 43.0 Å². The maximum atomic E-state index is 12.3. The molecular weight excluding hydrogens is 238 g/mol. The Morgan fingerprint density at radius 3 is 2.42 bits per heavy atom. The molecule has 2 N–H and O–H groups in total. The molecular formula is C15H23N3O. The SMILES string of the molecule is Cc1cccc(C)c1NC(=O)C(C)N1CCNCC1. The Morgan fingerprint density at radius 1 is 1.26 bits per heavy atom. The summed E-state index contributed by atoms with van der Waals surface area (Å²) < 4.78 is 0. The van der Waals surface area contributed by atoms with E-state index >= 15 is 0 Å². The minimum atomic E-state index is -0.0823. The van der Waals surface area contributed by atoms with E-state index in [2.05, 4.69) is 15.5 Å². The van der Waals surface area contributed by atoms with Crippen molar-refractivity contribution in [3.8, 4) is 0 Å². The summed E-state index contributed by atoms with van der Waals surface area (Å²) in [7, 11) is 0. The predicted molar refractivity (Wildman–Crippen MR) is 78.5 cm³/mol. The number of para-hydroxylation sites is 1. The largest absolute Gasteiger partial charge is 0.324 e. The van der Waals surface area contributed by atoms with Gasteiger partial charge < -0.3 is 10.6 Å². The lowest BCUT2D eigenvalue weighted by Gasteiger charge is -2.32. The van der Waals surface area contributed by atoms with Crippen LogP contribution in [0.25, 0.3) is 0 Å². The Hall–Kier alpha value is -1.39. The van der Waals surface area contributed by atoms with Crippen LogP contribution < -0.4 is 10.6 Å². The summed E-state index contributed by atoms with van der Waals surface area (Å²) in [6, 6.07) is 5.98. The molecule has 1 aromatic rings. The van der Waals surface area contributed by atoms with E-state index in [0.717, 1.165) is 43.0 Å². The summed E-state index contributed by atoms with van der Waals surface area (Å²) in [4.78, 5) is 14.6. The summed E-state index contributed by atoms with van der Waals surface area (Å²) >= 11 is 0. The van der Waals surface area contributed by atoms with Crippen molar-refractivity contribution in [3.05, 3.63) is 29.3 Å². The highest BCUT2D eigenvalue weighted by molar-refractivity contribution is 5.95. The second-order valence-corrected chi connectivity index (χ2v) is 5.22. The highest BCUT2D eigenvalue weighted by Gasteiger charge is 2.23. The summed E-state index contributed by atoms with van der Waals surface area (Å²) in [5, 5.41) is 6.38. The van der Waals surface area contributed by atoms with Crippen LogP contribution in [0.1, 0.15) is 18.1 Å².